The van der Waals surface area contributed by atoms with E-state index in [-0.39, 0.29) is 17.4 Å². The van der Waals surface area contributed by atoms with Gasteiger partial charge in [-0.1, -0.05) is 48.5 Å². The van der Waals surface area contributed by atoms with Gasteiger partial charge in [0.1, 0.15) is 5.58 Å². The molecule has 1 aliphatic carbocycles. The number of nitrogens with one attached hydrogen (secondary N) is 2. The first-order valence-electron chi connectivity index (χ1n) is 11.1. The van der Waals surface area contributed by atoms with Crippen LogP contribution in [0.3, 0.4) is 0 Å². The van der Waals surface area contributed by atoms with Crippen molar-refractivity contribution in [2.45, 2.75) is 43.6 Å². The van der Waals surface area contributed by atoms with Gasteiger partial charge in [0.25, 0.3) is 5.91 Å². The van der Waals surface area contributed by atoms with Crippen molar-refractivity contribution < 1.29 is 19.1 Å². The Hall–Kier alpha value is -2.93. The quantitative estimate of drug-likeness (QED) is 0.349. The summed E-state index contributed by atoms with van der Waals surface area (Å²) in [6, 6.07) is 17.8. The molecule has 0 saturated heterocycles. The van der Waals surface area contributed by atoms with Crippen LogP contribution in [-0.4, -0.2) is 36.6 Å². The van der Waals surface area contributed by atoms with E-state index in [9.17, 15) is 9.90 Å². The highest BCUT2D eigenvalue weighted by molar-refractivity contribution is 6.04. The minimum Gasteiger partial charge on any atom is -0.464 e. The molecule has 1 unspecified atom stereocenters. The first-order chi connectivity index (χ1) is 15.6. The van der Waals surface area contributed by atoms with Crippen molar-refractivity contribution in [3.63, 3.8) is 0 Å². The van der Waals surface area contributed by atoms with E-state index < -0.39 is 6.41 Å². The molecule has 6 heteroatoms. The molecule has 3 aromatic rings. The second kappa shape index (κ2) is 10.1. The summed E-state index contributed by atoms with van der Waals surface area (Å²) in [5.41, 5.74) is 2.18. The second-order valence-electron chi connectivity index (χ2n) is 8.36. The topological polar surface area (TPSA) is 83.7 Å². The molecule has 6 nitrogen and oxygen atoms in total. The minimum atomic E-state index is -1.00. The highest BCUT2D eigenvalue weighted by Crippen LogP contribution is 2.40. The Bertz CT molecular complexity index is 1040. The Balaban J connectivity index is 1.46. The molecule has 1 fully saturated rings. The third-order valence-electron chi connectivity index (χ3n) is 6.34. The lowest BCUT2D eigenvalue weighted by Crippen LogP contribution is -2.45. The van der Waals surface area contributed by atoms with Gasteiger partial charge < -0.3 is 19.6 Å². The van der Waals surface area contributed by atoms with Crippen molar-refractivity contribution in [3.05, 3.63) is 84.6 Å². The molecule has 168 valence electrons. The van der Waals surface area contributed by atoms with Crippen LogP contribution < -0.4 is 10.6 Å². The summed E-state index contributed by atoms with van der Waals surface area (Å²) in [5.74, 6) is -0.136. The standard InChI is InChI=1S/C26H30N2O4/c1-2-16-27-25(30)32-21-11-14-26(15-12-21,20-8-4-3-5-9-20)18-28-24(29)22-10-6-7-19-13-17-31-23(19)22/h2-10,13,17,21,25,27,30H,1,11-12,14-16,18H2,(H,28,29). The highest BCUT2D eigenvalue weighted by Gasteiger charge is 2.38. The zero-order valence-corrected chi connectivity index (χ0v) is 18.1. The van der Waals surface area contributed by atoms with E-state index in [2.05, 4.69) is 29.3 Å². The third-order valence-corrected chi connectivity index (χ3v) is 6.34. The molecule has 3 N–H and O–H groups in total. The van der Waals surface area contributed by atoms with Crippen LogP contribution in [0.15, 0.2) is 77.9 Å². The number of hydrogen-bond donors (Lipinski definition) is 3. The summed E-state index contributed by atoms with van der Waals surface area (Å²) >= 11 is 0. The number of rotatable bonds is 9. The number of para-hydroxylation sites is 1. The second-order valence-corrected chi connectivity index (χ2v) is 8.36. The molecule has 1 atom stereocenters. The largest absolute Gasteiger partial charge is 0.464 e. The molecular formula is C26H30N2O4. The van der Waals surface area contributed by atoms with Gasteiger partial charge in [0, 0.05) is 23.9 Å². The van der Waals surface area contributed by atoms with Crippen LogP contribution in [0.5, 0.6) is 0 Å². The van der Waals surface area contributed by atoms with Crippen LogP contribution >= 0.6 is 0 Å². The molecular weight excluding hydrogens is 404 g/mol. The molecule has 1 heterocycles. The smallest absolute Gasteiger partial charge is 0.255 e. The lowest BCUT2D eigenvalue weighted by atomic mass is 9.68. The van der Waals surface area contributed by atoms with E-state index in [1.165, 1.54) is 5.56 Å². The lowest BCUT2D eigenvalue weighted by Gasteiger charge is -2.41. The third kappa shape index (κ3) is 4.93. The molecule has 0 spiro atoms. The Morgan fingerprint density at radius 2 is 1.97 bits per heavy atom. The number of amides is 1. The number of furan rings is 1. The molecule has 0 bridgehead atoms. The first-order valence-corrected chi connectivity index (χ1v) is 11.1. The Labute approximate surface area is 188 Å². The molecule has 32 heavy (non-hydrogen) atoms. The average Bonchev–Trinajstić information content (AvgIpc) is 3.32. The summed E-state index contributed by atoms with van der Waals surface area (Å²) in [4.78, 5) is 13.0. The van der Waals surface area contributed by atoms with Crippen LogP contribution in [0, 0.1) is 0 Å². The molecule has 1 aliphatic rings. The maximum absolute atomic E-state index is 13.0. The fraction of sp³-hybridized carbons (Fsp3) is 0.346. The van der Waals surface area contributed by atoms with Crippen LogP contribution in [-0.2, 0) is 10.2 Å². The van der Waals surface area contributed by atoms with Crippen molar-refractivity contribution in [1.29, 1.82) is 0 Å². The molecule has 4 rings (SSSR count). The number of aliphatic hydroxyl groups excluding tert-OH is 1. The van der Waals surface area contributed by atoms with Gasteiger partial charge >= 0.3 is 0 Å². The van der Waals surface area contributed by atoms with Crippen molar-refractivity contribution in [2.24, 2.45) is 0 Å². The van der Waals surface area contributed by atoms with Crippen molar-refractivity contribution >= 4 is 16.9 Å². The van der Waals surface area contributed by atoms with Gasteiger partial charge in [-0.15, -0.1) is 6.58 Å². The van der Waals surface area contributed by atoms with Gasteiger partial charge in [-0.05, 0) is 43.4 Å². The molecule has 0 radical (unpaired) electrons. The van der Waals surface area contributed by atoms with E-state index in [0.29, 0.717) is 24.2 Å². The Morgan fingerprint density at radius 3 is 2.72 bits per heavy atom. The summed E-state index contributed by atoms with van der Waals surface area (Å²) in [5, 5.41) is 16.9. The van der Waals surface area contributed by atoms with E-state index in [4.69, 9.17) is 9.15 Å². The molecule has 0 aliphatic heterocycles. The fourth-order valence-electron chi connectivity index (χ4n) is 4.57. The number of aliphatic hydroxyl groups is 1. The summed E-state index contributed by atoms with van der Waals surface area (Å²) < 4.78 is 11.3. The number of hydrogen-bond acceptors (Lipinski definition) is 5. The summed E-state index contributed by atoms with van der Waals surface area (Å²) in [6.45, 7) is 4.64. The summed E-state index contributed by atoms with van der Waals surface area (Å²) in [6.07, 6.45) is 5.54. The normalized spacial score (nSPS) is 21.8. The highest BCUT2D eigenvalue weighted by atomic mass is 16.6. The van der Waals surface area contributed by atoms with Gasteiger partial charge in [0.05, 0.1) is 17.9 Å². The lowest BCUT2D eigenvalue weighted by molar-refractivity contribution is -0.162. The van der Waals surface area contributed by atoms with Gasteiger partial charge in [0.2, 0.25) is 6.41 Å². The Kier molecular flexibility index (Phi) is 7.05. The maximum atomic E-state index is 13.0. The molecule has 1 aromatic heterocycles. The number of fused-ring (bicyclic) bond motifs is 1. The Morgan fingerprint density at radius 1 is 1.19 bits per heavy atom. The van der Waals surface area contributed by atoms with E-state index in [0.717, 1.165) is 31.1 Å². The van der Waals surface area contributed by atoms with Crippen LogP contribution in [0.25, 0.3) is 11.0 Å². The van der Waals surface area contributed by atoms with Crippen molar-refractivity contribution in [3.8, 4) is 0 Å². The van der Waals surface area contributed by atoms with Crippen molar-refractivity contribution in [2.75, 3.05) is 13.1 Å². The number of ether oxygens (including phenoxy) is 1. The van der Waals surface area contributed by atoms with Gasteiger partial charge in [-0.2, -0.15) is 0 Å². The number of carbonyl (C=O) groups excluding carboxylic acids is 1. The minimum absolute atomic E-state index is 0.0354. The van der Waals surface area contributed by atoms with Gasteiger partial charge in [0.15, 0.2) is 0 Å². The van der Waals surface area contributed by atoms with Crippen LogP contribution in [0.2, 0.25) is 0 Å². The van der Waals surface area contributed by atoms with E-state index >= 15 is 0 Å². The summed E-state index contributed by atoms with van der Waals surface area (Å²) in [7, 11) is 0. The first kappa shape index (κ1) is 22.3. The van der Waals surface area contributed by atoms with E-state index in [1.54, 1.807) is 18.4 Å². The monoisotopic (exact) mass is 434 g/mol. The molecule has 1 amide bonds. The van der Waals surface area contributed by atoms with Crippen molar-refractivity contribution in [1.82, 2.24) is 10.6 Å². The van der Waals surface area contributed by atoms with E-state index in [1.807, 2.05) is 36.4 Å². The van der Waals surface area contributed by atoms with Crippen LogP contribution in [0.4, 0.5) is 0 Å². The SMILES string of the molecule is C=CCNC(O)OC1CCC(CNC(=O)c2cccc3ccoc23)(c2ccccc2)CC1. The average molecular weight is 435 g/mol. The number of benzene rings is 2. The van der Waals surface area contributed by atoms with Gasteiger partial charge in [-0.3, -0.25) is 10.1 Å². The number of carbonyl (C=O) groups is 1. The van der Waals surface area contributed by atoms with Gasteiger partial charge in [-0.25, -0.2) is 0 Å². The zero-order valence-electron chi connectivity index (χ0n) is 18.1. The zero-order chi connectivity index (χ0) is 22.4. The predicted molar refractivity (Wildman–Crippen MR) is 124 cm³/mol. The van der Waals surface area contributed by atoms with Crippen LogP contribution in [0.1, 0.15) is 41.6 Å². The molecule has 1 saturated carbocycles. The maximum Gasteiger partial charge on any atom is 0.255 e. The fourth-order valence-corrected chi connectivity index (χ4v) is 4.57. The molecule has 2 aromatic carbocycles. The predicted octanol–water partition coefficient (Wildman–Crippen LogP) is 4.11.